The van der Waals surface area contributed by atoms with Crippen LogP contribution in [0.1, 0.15) is 27.3 Å². The summed E-state index contributed by atoms with van der Waals surface area (Å²) in [6, 6.07) is 9.83. The molecular weight excluding hydrogens is 447 g/mol. The number of nitrogens with one attached hydrogen (secondary N) is 1. The molecule has 1 amide bonds. The third-order valence-corrected chi connectivity index (χ3v) is 5.77. The maximum Gasteiger partial charge on any atom is 0.416 e. The average molecular weight is 465 g/mol. The SMILES string of the molecule is Cc1nn(-c2cccc(C(F)(F)F)c2)c(C)c1C(=O)C(=O)Nc1cccc(S(C)(=O)=O)c1. The van der Waals surface area contributed by atoms with Crippen molar-refractivity contribution in [3.63, 3.8) is 0 Å². The van der Waals surface area contributed by atoms with Crippen LogP contribution in [0, 0.1) is 13.8 Å². The van der Waals surface area contributed by atoms with Gasteiger partial charge in [0.2, 0.25) is 0 Å². The molecule has 2 aromatic carbocycles. The molecule has 3 rings (SSSR count). The van der Waals surface area contributed by atoms with Crippen LogP contribution in [-0.2, 0) is 20.8 Å². The number of hydrogen-bond acceptors (Lipinski definition) is 5. The van der Waals surface area contributed by atoms with Gasteiger partial charge >= 0.3 is 6.18 Å². The maximum absolute atomic E-state index is 13.0. The van der Waals surface area contributed by atoms with E-state index >= 15 is 0 Å². The van der Waals surface area contributed by atoms with Crippen molar-refractivity contribution in [2.45, 2.75) is 24.9 Å². The van der Waals surface area contributed by atoms with E-state index in [9.17, 15) is 31.2 Å². The number of carbonyl (C=O) groups excluding carboxylic acids is 2. The lowest BCUT2D eigenvalue weighted by molar-refractivity contribution is -0.137. The van der Waals surface area contributed by atoms with Crippen LogP contribution in [-0.4, -0.2) is 36.1 Å². The van der Waals surface area contributed by atoms with Crippen molar-refractivity contribution in [3.8, 4) is 5.69 Å². The molecule has 168 valence electrons. The fourth-order valence-electron chi connectivity index (χ4n) is 3.14. The fourth-order valence-corrected chi connectivity index (χ4v) is 3.81. The number of carbonyl (C=O) groups is 2. The Morgan fingerprint density at radius 2 is 1.69 bits per heavy atom. The number of alkyl halides is 3. The third-order valence-electron chi connectivity index (χ3n) is 4.66. The van der Waals surface area contributed by atoms with Crippen molar-refractivity contribution in [2.75, 3.05) is 11.6 Å². The minimum Gasteiger partial charge on any atom is -0.319 e. The topological polar surface area (TPSA) is 98.1 Å². The molecule has 0 spiro atoms. The van der Waals surface area contributed by atoms with Crippen LogP contribution in [0.25, 0.3) is 5.69 Å². The van der Waals surface area contributed by atoms with E-state index in [1.54, 1.807) is 0 Å². The van der Waals surface area contributed by atoms with Gasteiger partial charge in [-0.15, -0.1) is 0 Å². The van der Waals surface area contributed by atoms with Gasteiger partial charge in [-0.1, -0.05) is 12.1 Å². The summed E-state index contributed by atoms with van der Waals surface area (Å²) in [7, 11) is -3.52. The molecule has 0 bridgehead atoms. The number of halogens is 3. The minimum absolute atomic E-state index is 0.0347. The van der Waals surface area contributed by atoms with Gasteiger partial charge in [0.15, 0.2) is 9.84 Å². The molecule has 0 unspecified atom stereocenters. The molecule has 0 atom stereocenters. The Labute approximate surface area is 181 Å². The number of sulfone groups is 1. The molecule has 1 N–H and O–H groups in total. The Bertz CT molecular complexity index is 1330. The highest BCUT2D eigenvalue weighted by molar-refractivity contribution is 7.90. The van der Waals surface area contributed by atoms with Gasteiger partial charge in [-0.05, 0) is 50.2 Å². The van der Waals surface area contributed by atoms with Crippen LogP contribution in [0.4, 0.5) is 18.9 Å². The lowest BCUT2D eigenvalue weighted by Gasteiger charge is -2.10. The van der Waals surface area contributed by atoms with Crippen molar-refractivity contribution in [1.82, 2.24) is 9.78 Å². The second-order valence-electron chi connectivity index (χ2n) is 7.09. The lowest BCUT2D eigenvalue weighted by atomic mass is 10.1. The van der Waals surface area contributed by atoms with Crippen molar-refractivity contribution in [2.24, 2.45) is 0 Å². The second-order valence-corrected chi connectivity index (χ2v) is 9.10. The Kier molecular flexibility index (Phi) is 5.96. The molecule has 0 aliphatic heterocycles. The van der Waals surface area contributed by atoms with Gasteiger partial charge in [0.1, 0.15) is 0 Å². The van der Waals surface area contributed by atoms with Gasteiger partial charge in [0.05, 0.1) is 33.1 Å². The van der Waals surface area contributed by atoms with E-state index in [0.29, 0.717) is 0 Å². The van der Waals surface area contributed by atoms with Crippen LogP contribution in [0.15, 0.2) is 53.4 Å². The molecule has 0 aliphatic rings. The summed E-state index contributed by atoms with van der Waals surface area (Å²) in [6.07, 6.45) is -3.54. The zero-order chi connectivity index (χ0) is 23.8. The highest BCUT2D eigenvalue weighted by Crippen LogP contribution is 2.31. The van der Waals surface area contributed by atoms with Crippen LogP contribution in [0.3, 0.4) is 0 Å². The van der Waals surface area contributed by atoms with E-state index < -0.39 is 33.3 Å². The number of anilines is 1. The molecule has 7 nitrogen and oxygen atoms in total. The quantitative estimate of drug-likeness (QED) is 0.457. The van der Waals surface area contributed by atoms with E-state index in [2.05, 4.69) is 10.4 Å². The first-order chi connectivity index (χ1) is 14.8. The largest absolute Gasteiger partial charge is 0.416 e. The number of benzene rings is 2. The Balaban J connectivity index is 1.92. The van der Waals surface area contributed by atoms with Crippen LogP contribution in [0.5, 0.6) is 0 Å². The van der Waals surface area contributed by atoms with Gasteiger partial charge < -0.3 is 5.32 Å². The summed E-state index contributed by atoms with van der Waals surface area (Å²) in [4.78, 5) is 25.3. The number of aromatic nitrogens is 2. The average Bonchev–Trinajstić information content (AvgIpc) is 3.00. The van der Waals surface area contributed by atoms with Gasteiger partial charge in [0.25, 0.3) is 11.7 Å². The first kappa shape index (κ1) is 23.2. The highest BCUT2D eigenvalue weighted by atomic mass is 32.2. The molecule has 3 aromatic rings. The van der Waals surface area contributed by atoms with Crippen LogP contribution < -0.4 is 5.32 Å². The van der Waals surface area contributed by atoms with Crippen LogP contribution in [0.2, 0.25) is 0 Å². The molecule has 32 heavy (non-hydrogen) atoms. The number of ketones is 1. The monoisotopic (exact) mass is 465 g/mol. The van der Waals surface area contributed by atoms with Crippen molar-refractivity contribution in [1.29, 1.82) is 0 Å². The molecule has 1 heterocycles. The predicted octanol–water partition coefficient (Wildman–Crippen LogP) is 3.73. The number of hydrogen-bond donors (Lipinski definition) is 1. The van der Waals surface area contributed by atoms with Gasteiger partial charge in [-0.2, -0.15) is 18.3 Å². The predicted molar refractivity (Wildman–Crippen MR) is 111 cm³/mol. The molecule has 0 aliphatic carbocycles. The zero-order valence-electron chi connectivity index (χ0n) is 17.2. The molecule has 0 saturated carbocycles. The van der Waals surface area contributed by atoms with Gasteiger partial charge in [-0.3, -0.25) is 9.59 Å². The molecular formula is C21H18F3N3O4S. The van der Waals surface area contributed by atoms with E-state index in [-0.39, 0.29) is 33.2 Å². The summed E-state index contributed by atoms with van der Waals surface area (Å²) in [5, 5.41) is 6.48. The Morgan fingerprint density at radius 1 is 1.03 bits per heavy atom. The molecule has 0 saturated heterocycles. The Morgan fingerprint density at radius 3 is 2.31 bits per heavy atom. The number of aryl methyl sites for hydroxylation is 1. The molecule has 11 heteroatoms. The standard InChI is InChI=1S/C21H18F3N3O4S/c1-12-18(13(2)27(26-12)16-8-4-6-14(10-16)21(22,23)24)19(28)20(29)25-15-7-5-9-17(11-15)32(3,30)31/h4-11H,1-3H3,(H,25,29). The molecule has 0 fully saturated rings. The Hall–Kier alpha value is -3.47. The summed E-state index contributed by atoms with van der Waals surface area (Å²) < 4.78 is 63.6. The first-order valence-electron chi connectivity index (χ1n) is 9.18. The van der Waals surface area contributed by atoms with Crippen molar-refractivity contribution >= 4 is 27.2 Å². The summed E-state index contributed by atoms with van der Waals surface area (Å²) >= 11 is 0. The van der Waals surface area contributed by atoms with E-state index in [0.717, 1.165) is 23.1 Å². The summed E-state index contributed by atoms with van der Waals surface area (Å²) in [6.45, 7) is 2.92. The highest BCUT2D eigenvalue weighted by Gasteiger charge is 2.31. The molecule has 0 radical (unpaired) electrons. The van der Waals surface area contributed by atoms with Gasteiger partial charge in [0, 0.05) is 11.9 Å². The maximum atomic E-state index is 13.0. The number of rotatable bonds is 5. The summed E-state index contributed by atoms with van der Waals surface area (Å²) in [5.41, 5.74) is -0.400. The molecule has 1 aromatic heterocycles. The number of nitrogens with zero attached hydrogens (tertiary/aromatic N) is 2. The first-order valence-corrected chi connectivity index (χ1v) is 11.1. The summed E-state index contributed by atoms with van der Waals surface area (Å²) in [5.74, 6) is -1.99. The normalized spacial score (nSPS) is 11.9. The number of Topliss-reactive ketones (excluding diaryl/α,β-unsaturated/α-hetero) is 1. The second kappa shape index (κ2) is 8.23. The van der Waals surface area contributed by atoms with E-state index in [1.165, 1.54) is 50.2 Å². The minimum atomic E-state index is -4.55. The lowest BCUT2D eigenvalue weighted by Crippen LogP contribution is -2.24. The van der Waals surface area contributed by atoms with E-state index in [4.69, 9.17) is 0 Å². The zero-order valence-corrected chi connectivity index (χ0v) is 18.0. The fraction of sp³-hybridized carbons (Fsp3) is 0.190. The number of amides is 1. The third kappa shape index (κ3) is 4.72. The van der Waals surface area contributed by atoms with Crippen molar-refractivity contribution < 1.29 is 31.2 Å². The van der Waals surface area contributed by atoms with Crippen LogP contribution >= 0.6 is 0 Å². The van der Waals surface area contributed by atoms with Gasteiger partial charge in [-0.25, -0.2) is 13.1 Å². The smallest absolute Gasteiger partial charge is 0.319 e. The van der Waals surface area contributed by atoms with E-state index in [1.807, 2.05) is 0 Å². The van der Waals surface area contributed by atoms with Crippen molar-refractivity contribution in [3.05, 3.63) is 71.0 Å².